The number of imidazole rings is 1. The third kappa shape index (κ3) is 6.81. The molecule has 32 heavy (non-hydrogen) atoms. The van der Waals surface area contributed by atoms with E-state index in [1.165, 1.54) is 31.4 Å². The van der Waals surface area contributed by atoms with E-state index in [0.29, 0.717) is 24.2 Å². The zero-order chi connectivity index (χ0) is 22.8. The molecule has 0 saturated heterocycles. The van der Waals surface area contributed by atoms with Crippen molar-refractivity contribution in [1.82, 2.24) is 9.38 Å². The molecule has 2 atom stereocenters. The van der Waals surface area contributed by atoms with Crippen LogP contribution < -0.4 is 4.74 Å². The van der Waals surface area contributed by atoms with Crippen LogP contribution in [-0.2, 0) is 0 Å². The van der Waals surface area contributed by atoms with E-state index in [4.69, 9.17) is 4.74 Å². The number of halogens is 1. The molecule has 3 rings (SSSR count). The van der Waals surface area contributed by atoms with Crippen molar-refractivity contribution < 1.29 is 9.13 Å². The summed E-state index contributed by atoms with van der Waals surface area (Å²) in [5.74, 6) is 1.04. The van der Waals surface area contributed by atoms with Gasteiger partial charge in [0.1, 0.15) is 0 Å². The van der Waals surface area contributed by atoms with Gasteiger partial charge in [0.15, 0.2) is 16.5 Å². The van der Waals surface area contributed by atoms with Gasteiger partial charge in [-0.2, -0.15) is 0 Å². The maximum Gasteiger partial charge on any atom is 0.193 e. The van der Waals surface area contributed by atoms with E-state index < -0.39 is 0 Å². The summed E-state index contributed by atoms with van der Waals surface area (Å²) in [6.45, 7) is 7.28. The number of rotatable bonds is 15. The Hall–Kier alpha value is -1.88. The molecule has 0 radical (unpaired) electrons. The lowest BCUT2D eigenvalue weighted by atomic mass is 9.90. The van der Waals surface area contributed by atoms with Gasteiger partial charge in [-0.05, 0) is 49.3 Å². The van der Waals surface area contributed by atoms with E-state index in [1.807, 2.05) is 18.3 Å². The molecule has 2 unspecified atom stereocenters. The van der Waals surface area contributed by atoms with Crippen molar-refractivity contribution in [2.75, 3.05) is 6.61 Å². The molecule has 0 amide bonds. The molecule has 2 heterocycles. The average molecular weight is 459 g/mol. The van der Waals surface area contributed by atoms with Crippen molar-refractivity contribution in [3.8, 4) is 5.75 Å². The van der Waals surface area contributed by atoms with Crippen LogP contribution in [0.3, 0.4) is 0 Å². The van der Waals surface area contributed by atoms with Crippen LogP contribution in [0.15, 0.2) is 36.0 Å². The Labute approximate surface area is 197 Å². The topological polar surface area (TPSA) is 26.5 Å². The van der Waals surface area contributed by atoms with Crippen LogP contribution in [0, 0.1) is 5.82 Å². The molecular formula is C27H39FN2OS. The third-order valence-electron chi connectivity index (χ3n) is 6.55. The lowest BCUT2D eigenvalue weighted by molar-refractivity contribution is 0.289. The molecule has 0 fully saturated rings. The number of thiazole rings is 1. The third-order valence-corrected chi connectivity index (χ3v) is 7.42. The van der Waals surface area contributed by atoms with E-state index in [9.17, 15) is 4.39 Å². The Morgan fingerprint density at radius 3 is 2.66 bits per heavy atom. The van der Waals surface area contributed by atoms with Crippen LogP contribution in [-0.4, -0.2) is 16.0 Å². The standard InChI is InChI=1S/C27H39FN2OS/c1-4-6-7-8-9-10-18-31-26-15-14-23(19-24(26)28)21(3)12-11-13-22(5-2)25-20-32-27-29-16-17-30(25)27/h14-17,19-22H,4-13,18H2,1-3H3. The van der Waals surface area contributed by atoms with Crippen LogP contribution >= 0.6 is 11.3 Å². The fourth-order valence-electron chi connectivity index (χ4n) is 4.44. The van der Waals surface area contributed by atoms with E-state index in [2.05, 4.69) is 41.7 Å². The van der Waals surface area contributed by atoms with Crippen molar-refractivity contribution in [2.45, 2.75) is 96.8 Å². The molecule has 3 nitrogen and oxygen atoms in total. The van der Waals surface area contributed by atoms with Gasteiger partial charge in [-0.1, -0.05) is 65.4 Å². The predicted octanol–water partition coefficient (Wildman–Crippen LogP) is 8.74. The van der Waals surface area contributed by atoms with Crippen molar-refractivity contribution in [3.05, 3.63) is 53.0 Å². The van der Waals surface area contributed by atoms with Gasteiger partial charge in [-0.25, -0.2) is 9.37 Å². The smallest absolute Gasteiger partial charge is 0.193 e. The molecule has 1 aromatic carbocycles. The first kappa shape index (κ1) is 24.8. The van der Waals surface area contributed by atoms with Crippen molar-refractivity contribution in [1.29, 1.82) is 0 Å². The summed E-state index contributed by atoms with van der Waals surface area (Å²) in [7, 11) is 0. The van der Waals surface area contributed by atoms with Crippen LogP contribution in [0.2, 0.25) is 0 Å². The molecule has 176 valence electrons. The maximum atomic E-state index is 14.6. The lowest BCUT2D eigenvalue weighted by Gasteiger charge is -2.17. The molecular weight excluding hydrogens is 419 g/mol. The lowest BCUT2D eigenvalue weighted by Crippen LogP contribution is -2.03. The van der Waals surface area contributed by atoms with Gasteiger partial charge in [0.25, 0.3) is 0 Å². The van der Waals surface area contributed by atoms with Gasteiger partial charge in [0.05, 0.1) is 6.61 Å². The molecule has 0 spiro atoms. The average Bonchev–Trinajstić information content (AvgIpc) is 3.41. The Morgan fingerprint density at radius 2 is 1.88 bits per heavy atom. The second kappa shape index (κ2) is 13.0. The van der Waals surface area contributed by atoms with Crippen LogP contribution in [0.1, 0.15) is 108 Å². The summed E-state index contributed by atoms with van der Waals surface area (Å²) in [4.78, 5) is 5.46. The number of benzene rings is 1. The summed E-state index contributed by atoms with van der Waals surface area (Å²) in [5, 5.41) is 2.25. The minimum absolute atomic E-state index is 0.229. The van der Waals surface area contributed by atoms with Crippen molar-refractivity contribution in [3.63, 3.8) is 0 Å². The Morgan fingerprint density at radius 1 is 1.06 bits per heavy atom. The molecule has 0 N–H and O–H groups in total. The number of hydrogen-bond acceptors (Lipinski definition) is 3. The van der Waals surface area contributed by atoms with E-state index in [1.54, 1.807) is 17.4 Å². The van der Waals surface area contributed by atoms with Crippen molar-refractivity contribution in [2.24, 2.45) is 0 Å². The van der Waals surface area contributed by atoms with Crippen LogP contribution in [0.25, 0.3) is 4.96 Å². The fourth-order valence-corrected chi connectivity index (χ4v) is 5.37. The van der Waals surface area contributed by atoms with Gasteiger partial charge in [0.2, 0.25) is 0 Å². The molecule has 0 bridgehead atoms. The highest BCUT2D eigenvalue weighted by atomic mass is 32.1. The van der Waals surface area contributed by atoms with Gasteiger partial charge in [0, 0.05) is 29.4 Å². The predicted molar refractivity (Wildman–Crippen MR) is 134 cm³/mol. The zero-order valence-corrected chi connectivity index (χ0v) is 20.8. The highest BCUT2D eigenvalue weighted by molar-refractivity contribution is 7.15. The van der Waals surface area contributed by atoms with Crippen molar-refractivity contribution >= 4 is 16.3 Å². The van der Waals surface area contributed by atoms with Gasteiger partial charge in [-0.15, -0.1) is 11.3 Å². The summed E-state index contributed by atoms with van der Waals surface area (Å²) in [6.07, 6.45) is 15.6. The Bertz CT molecular complexity index is 935. The van der Waals surface area contributed by atoms with E-state index in [0.717, 1.165) is 49.0 Å². The summed E-state index contributed by atoms with van der Waals surface area (Å²) < 4.78 is 22.5. The second-order valence-corrected chi connectivity index (χ2v) is 9.82. The number of fused-ring (bicyclic) bond motifs is 1. The molecule has 0 aliphatic rings. The molecule has 5 heteroatoms. The largest absolute Gasteiger partial charge is 0.491 e. The minimum atomic E-state index is -0.229. The quantitative estimate of drug-likeness (QED) is 0.213. The number of aromatic nitrogens is 2. The number of ether oxygens (including phenoxy) is 1. The first-order valence-corrected chi connectivity index (χ1v) is 13.3. The maximum absolute atomic E-state index is 14.6. The second-order valence-electron chi connectivity index (χ2n) is 8.98. The van der Waals surface area contributed by atoms with E-state index >= 15 is 0 Å². The van der Waals surface area contributed by atoms with E-state index in [-0.39, 0.29) is 5.82 Å². The van der Waals surface area contributed by atoms with Gasteiger partial charge < -0.3 is 4.74 Å². The fraction of sp³-hybridized carbons (Fsp3) is 0.593. The van der Waals surface area contributed by atoms with Crippen LogP contribution in [0.5, 0.6) is 5.75 Å². The van der Waals surface area contributed by atoms with Crippen LogP contribution in [0.4, 0.5) is 4.39 Å². The molecule has 0 saturated carbocycles. The van der Waals surface area contributed by atoms with Gasteiger partial charge in [-0.3, -0.25) is 4.40 Å². The highest BCUT2D eigenvalue weighted by Gasteiger charge is 2.16. The molecule has 0 aliphatic carbocycles. The van der Waals surface area contributed by atoms with Gasteiger partial charge >= 0.3 is 0 Å². The Balaban J connectivity index is 1.43. The number of hydrogen-bond donors (Lipinski definition) is 0. The SMILES string of the molecule is CCCCCCCCOc1ccc(C(C)CCCC(CC)c2csc3nccn23)cc1F. The number of unbranched alkanes of at least 4 members (excludes halogenated alkanes) is 5. The molecule has 2 aromatic heterocycles. The zero-order valence-electron chi connectivity index (χ0n) is 20.0. The Kier molecular flexibility index (Phi) is 10.0. The molecule has 3 aromatic rings. The first-order valence-electron chi connectivity index (χ1n) is 12.5. The first-order chi connectivity index (χ1) is 15.6. The monoisotopic (exact) mass is 458 g/mol. The summed E-state index contributed by atoms with van der Waals surface area (Å²) >= 11 is 1.71. The highest BCUT2D eigenvalue weighted by Crippen LogP contribution is 2.32. The minimum Gasteiger partial charge on any atom is -0.491 e. The summed E-state index contributed by atoms with van der Waals surface area (Å²) in [5.41, 5.74) is 2.44. The normalized spacial score (nSPS) is 13.5. The molecule has 0 aliphatic heterocycles. The number of nitrogens with zero attached hydrogens (tertiary/aromatic N) is 2. The summed E-state index contributed by atoms with van der Waals surface area (Å²) in [6, 6.07) is 5.52.